The van der Waals surface area contributed by atoms with E-state index in [1.807, 2.05) is 0 Å². The van der Waals surface area contributed by atoms with E-state index < -0.39 is 66.2 Å². The molecule has 2 heterocycles. The topological polar surface area (TPSA) is 253 Å². The summed E-state index contributed by atoms with van der Waals surface area (Å²) in [6.07, 6.45) is -4.43. The molecule has 17 nitrogen and oxygen atoms in total. The molecule has 0 amide bonds. The van der Waals surface area contributed by atoms with Gasteiger partial charge in [-0.3, -0.25) is 14.7 Å². The molecule has 0 aliphatic carbocycles. The monoisotopic (exact) mass is 525 g/mol. The van der Waals surface area contributed by atoms with E-state index in [0.29, 0.717) is 6.42 Å². The summed E-state index contributed by atoms with van der Waals surface area (Å²) in [5.41, 5.74) is -1.73. The minimum absolute atomic E-state index is 0.177. The smallest absolute Gasteiger partial charge is 0.387 e. The summed E-state index contributed by atoms with van der Waals surface area (Å²) >= 11 is 0. The van der Waals surface area contributed by atoms with Crippen molar-refractivity contribution in [1.82, 2.24) is 9.55 Å². The number of aryl methyl sites for hydroxylation is 1. The van der Waals surface area contributed by atoms with Gasteiger partial charge in [0.05, 0.1) is 5.56 Å². The minimum atomic E-state index is -5.50. The second-order valence-electron chi connectivity index (χ2n) is 6.31. The maximum absolute atomic E-state index is 12.1. The van der Waals surface area contributed by atoms with Gasteiger partial charge < -0.3 is 24.4 Å². The van der Waals surface area contributed by atoms with Gasteiger partial charge in [-0.25, -0.2) is 19.2 Å². The highest BCUT2D eigenvalue weighted by molar-refractivity contribution is 7.64. The van der Waals surface area contributed by atoms with Gasteiger partial charge in [-0.15, -0.1) is 9.20 Å². The van der Waals surface area contributed by atoms with Crippen molar-refractivity contribution in [2.75, 3.05) is 6.61 Å². The van der Waals surface area contributed by atoms with Gasteiger partial charge in [0, 0.05) is 17.3 Å². The van der Waals surface area contributed by atoms with Gasteiger partial charge in [0.25, 0.3) is 5.56 Å². The van der Waals surface area contributed by atoms with Gasteiger partial charge >= 0.3 is 29.6 Å². The number of aliphatic hydroxyl groups is 2. The highest BCUT2D eigenvalue weighted by Crippen LogP contribution is 2.63. The molecule has 1 fully saturated rings. The summed E-state index contributed by atoms with van der Waals surface area (Å²) < 4.78 is 55.5. The SMILES string of the molecule is CCCn1cc([C@@H]2O[C@H](CO[P+](=O)OP(=O)(O)OP(=O)(O)OO)[C@@H](O)[C@H]2O)c(=O)[nH]c1=O. The lowest BCUT2D eigenvalue weighted by atomic mass is 10.0. The van der Waals surface area contributed by atoms with Crippen molar-refractivity contribution in [2.45, 2.75) is 44.3 Å². The second kappa shape index (κ2) is 10.8. The van der Waals surface area contributed by atoms with Crippen LogP contribution in [0.25, 0.3) is 0 Å². The molecule has 0 radical (unpaired) electrons. The molecule has 1 aliphatic heterocycles. The Balaban J connectivity index is 2.05. The third-order valence-electron chi connectivity index (χ3n) is 4.00. The number of rotatable bonds is 11. The summed E-state index contributed by atoms with van der Waals surface area (Å²) in [7, 11) is -14.4. The molecule has 1 aromatic heterocycles. The van der Waals surface area contributed by atoms with E-state index in [4.69, 9.17) is 14.9 Å². The van der Waals surface area contributed by atoms with E-state index in [1.165, 1.54) is 4.57 Å². The maximum atomic E-state index is 12.1. The number of aromatic nitrogens is 2. The minimum Gasteiger partial charge on any atom is -0.387 e. The summed E-state index contributed by atoms with van der Waals surface area (Å²) in [6.45, 7) is 1.23. The number of aromatic amines is 1. The first-order valence-corrected chi connectivity index (χ1v) is 12.7. The van der Waals surface area contributed by atoms with Gasteiger partial charge in [-0.1, -0.05) is 6.92 Å². The molecule has 0 bridgehead atoms. The number of nitrogens with one attached hydrogen (secondary N) is 1. The molecule has 0 aromatic carbocycles. The largest absolute Gasteiger partial charge is 0.708 e. The zero-order valence-electron chi connectivity index (χ0n) is 16.1. The molecule has 1 saturated heterocycles. The molecular formula is C12H20N2O15P3+. The van der Waals surface area contributed by atoms with E-state index in [2.05, 4.69) is 22.8 Å². The molecule has 0 spiro atoms. The number of hydrogen-bond acceptors (Lipinski definition) is 13. The average Bonchev–Trinajstić information content (AvgIpc) is 2.95. The quantitative estimate of drug-likeness (QED) is 0.121. The highest BCUT2D eigenvalue weighted by atomic mass is 31.3. The summed E-state index contributed by atoms with van der Waals surface area (Å²) in [6, 6.07) is 0. The normalized spacial score (nSPS) is 27.6. The Morgan fingerprint density at radius 3 is 2.47 bits per heavy atom. The van der Waals surface area contributed by atoms with Crippen molar-refractivity contribution in [3.05, 3.63) is 32.6 Å². The molecule has 2 rings (SSSR count). The van der Waals surface area contributed by atoms with Crippen molar-refractivity contribution in [2.24, 2.45) is 0 Å². The predicted octanol–water partition coefficient (Wildman–Crippen LogP) is -0.494. The number of phosphoric acid groups is 2. The fourth-order valence-electron chi connectivity index (χ4n) is 2.68. The van der Waals surface area contributed by atoms with E-state index in [-0.39, 0.29) is 12.1 Å². The highest BCUT2D eigenvalue weighted by Gasteiger charge is 2.48. The van der Waals surface area contributed by atoms with Crippen LogP contribution in [-0.4, -0.2) is 59.7 Å². The molecule has 32 heavy (non-hydrogen) atoms. The van der Waals surface area contributed by atoms with Crippen LogP contribution in [0.4, 0.5) is 0 Å². The first-order valence-electron chi connectivity index (χ1n) is 8.65. The fraction of sp³-hybridized carbons (Fsp3) is 0.667. The summed E-state index contributed by atoms with van der Waals surface area (Å²) in [5, 5.41) is 28.4. The maximum Gasteiger partial charge on any atom is 0.708 e. The molecule has 3 unspecified atom stereocenters. The van der Waals surface area contributed by atoms with Crippen LogP contribution in [0.15, 0.2) is 15.8 Å². The average molecular weight is 525 g/mol. The zero-order chi connectivity index (χ0) is 24.3. The van der Waals surface area contributed by atoms with Crippen LogP contribution in [0.1, 0.15) is 25.0 Å². The third-order valence-corrected chi connectivity index (χ3v) is 7.57. The van der Waals surface area contributed by atoms with Crippen molar-refractivity contribution >= 4 is 23.9 Å². The Morgan fingerprint density at radius 2 is 1.88 bits per heavy atom. The number of ether oxygens (including phenoxy) is 1. The van der Waals surface area contributed by atoms with Crippen LogP contribution in [0.5, 0.6) is 0 Å². The lowest BCUT2D eigenvalue weighted by molar-refractivity contribution is -0.157. The molecular weight excluding hydrogens is 505 g/mol. The Hall–Kier alpha value is -1.16. The molecule has 182 valence electrons. The molecule has 0 saturated carbocycles. The van der Waals surface area contributed by atoms with Crippen LogP contribution < -0.4 is 11.2 Å². The predicted molar refractivity (Wildman–Crippen MR) is 100 cm³/mol. The molecule has 6 N–H and O–H groups in total. The first-order chi connectivity index (χ1) is 14.8. The van der Waals surface area contributed by atoms with Gasteiger partial charge in [-0.05, 0) is 10.7 Å². The summed E-state index contributed by atoms with van der Waals surface area (Å²) in [4.78, 5) is 43.9. The van der Waals surface area contributed by atoms with Gasteiger partial charge in [0.1, 0.15) is 31.0 Å². The van der Waals surface area contributed by atoms with Crippen molar-refractivity contribution < 1.29 is 61.5 Å². The molecule has 20 heteroatoms. The Morgan fingerprint density at radius 1 is 1.22 bits per heavy atom. The molecule has 1 aliphatic rings. The van der Waals surface area contributed by atoms with E-state index in [1.54, 1.807) is 6.92 Å². The second-order valence-corrected chi connectivity index (χ2v) is 10.4. The van der Waals surface area contributed by atoms with E-state index >= 15 is 0 Å². The fourth-order valence-corrected chi connectivity index (χ4v) is 5.36. The van der Waals surface area contributed by atoms with Crippen molar-refractivity contribution in [1.29, 1.82) is 0 Å². The standard InChI is InChI=1S/C12H19N2O15P3/c1-2-3-14-4-6(11(17)13-12(14)18)10-9(16)8(15)7(26-10)5-25-30(20)28-32(23,24)29-31(21,22)27-19/h4,7-10,15-16H,2-3,5H2,1H3,(H3-,13,17,18,19,21,22,23,24)/p+1/t7-,8-,9-,10+/m1/s1. The van der Waals surface area contributed by atoms with Crippen LogP contribution in [0.3, 0.4) is 0 Å². The van der Waals surface area contributed by atoms with Crippen LogP contribution in [-0.2, 0) is 42.8 Å². The first kappa shape index (κ1) is 27.1. The van der Waals surface area contributed by atoms with Crippen molar-refractivity contribution in [3.63, 3.8) is 0 Å². The lowest BCUT2D eigenvalue weighted by Gasteiger charge is -2.15. The number of aliphatic hydroxyl groups excluding tert-OH is 2. The van der Waals surface area contributed by atoms with Gasteiger partial charge in [-0.2, -0.15) is 4.31 Å². The summed E-state index contributed by atoms with van der Waals surface area (Å²) in [5.74, 6) is 0. The Labute approximate surface area is 179 Å². The molecule has 7 atom stereocenters. The van der Waals surface area contributed by atoms with Crippen LogP contribution >= 0.6 is 23.9 Å². The third kappa shape index (κ3) is 6.92. The van der Waals surface area contributed by atoms with E-state index in [9.17, 15) is 38.4 Å². The Kier molecular flexibility index (Phi) is 9.18. The number of nitrogens with zero attached hydrogens (tertiary/aromatic N) is 1. The number of H-pyrrole nitrogens is 1. The van der Waals surface area contributed by atoms with Crippen LogP contribution in [0.2, 0.25) is 0 Å². The van der Waals surface area contributed by atoms with Crippen LogP contribution in [0, 0.1) is 0 Å². The Bertz CT molecular complexity index is 1040. The van der Waals surface area contributed by atoms with Crippen molar-refractivity contribution in [3.8, 4) is 0 Å². The number of hydrogen-bond donors (Lipinski definition) is 6. The lowest BCUT2D eigenvalue weighted by Crippen LogP contribution is -2.36. The van der Waals surface area contributed by atoms with E-state index in [0.717, 1.165) is 6.20 Å². The van der Waals surface area contributed by atoms with Gasteiger partial charge in [0.15, 0.2) is 0 Å². The van der Waals surface area contributed by atoms with Gasteiger partial charge in [0.2, 0.25) is 0 Å². The zero-order valence-corrected chi connectivity index (χ0v) is 18.8. The molecule has 1 aromatic rings.